The summed E-state index contributed by atoms with van der Waals surface area (Å²) in [5.74, 6) is 0. The molecule has 0 saturated heterocycles. The van der Waals surface area contributed by atoms with E-state index in [1.165, 1.54) is 12.8 Å². The van der Waals surface area contributed by atoms with E-state index in [0.29, 0.717) is 13.2 Å². The highest BCUT2D eigenvalue weighted by Crippen LogP contribution is 2.19. The van der Waals surface area contributed by atoms with Crippen molar-refractivity contribution in [2.24, 2.45) is 5.73 Å². The maximum Gasteiger partial charge on any atom is 0.101 e. The van der Waals surface area contributed by atoms with Crippen molar-refractivity contribution in [1.82, 2.24) is 0 Å². The number of hydrogen-bond acceptors (Lipinski definition) is 4. The van der Waals surface area contributed by atoms with Crippen LogP contribution in [-0.4, -0.2) is 43.2 Å². The lowest BCUT2D eigenvalue weighted by atomic mass is 9.93. The number of aliphatic hydroxyl groups is 1. The standard InChI is InChI=1S/C13H27NO3/c1-2-3-8-16-9-11(15)10-17-13-7-5-4-6-12(13)14/h11-13,15H,2-10,14H2,1H3. The van der Waals surface area contributed by atoms with Crippen LogP contribution < -0.4 is 5.73 Å². The van der Waals surface area contributed by atoms with Crippen molar-refractivity contribution in [3.63, 3.8) is 0 Å². The number of rotatable bonds is 8. The van der Waals surface area contributed by atoms with Crippen molar-refractivity contribution in [2.75, 3.05) is 19.8 Å². The molecule has 4 heteroatoms. The number of aliphatic hydroxyl groups excluding tert-OH is 1. The molecule has 0 amide bonds. The van der Waals surface area contributed by atoms with Gasteiger partial charge >= 0.3 is 0 Å². The van der Waals surface area contributed by atoms with E-state index in [1.807, 2.05) is 0 Å². The van der Waals surface area contributed by atoms with Crippen molar-refractivity contribution in [3.8, 4) is 0 Å². The minimum atomic E-state index is -0.527. The van der Waals surface area contributed by atoms with Gasteiger partial charge < -0.3 is 20.3 Å². The van der Waals surface area contributed by atoms with Crippen LogP contribution in [-0.2, 0) is 9.47 Å². The fraction of sp³-hybridized carbons (Fsp3) is 1.00. The summed E-state index contributed by atoms with van der Waals surface area (Å²) in [7, 11) is 0. The van der Waals surface area contributed by atoms with Gasteiger partial charge in [0.2, 0.25) is 0 Å². The summed E-state index contributed by atoms with van der Waals surface area (Å²) in [6.07, 6.45) is 6.18. The maximum atomic E-state index is 9.67. The molecule has 0 radical (unpaired) electrons. The van der Waals surface area contributed by atoms with Crippen molar-refractivity contribution >= 4 is 0 Å². The molecule has 17 heavy (non-hydrogen) atoms. The Morgan fingerprint density at radius 2 is 2.06 bits per heavy atom. The van der Waals surface area contributed by atoms with E-state index in [0.717, 1.165) is 32.3 Å². The first-order chi connectivity index (χ1) is 8.24. The molecule has 0 heterocycles. The highest BCUT2D eigenvalue weighted by atomic mass is 16.5. The van der Waals surface area contributed by atoms with E-state index >= 15 is 0 Å². The van der Waals surface area contributed by atoms with Crippen LogP contribution in [0.25, 0.3) is 0 Å². The second-order valence-electron chi connectivity index (χ2n) is 4.90. The molecule has 1 aliphatic rings. The molecule has 1 fully saturated rings. The normalized spacial score (nSPS) is 27.0. The van der Waals surface area contributed by atoms with Crippen LogP contribution in [0.2, 0.25) is 0 Å². The van der Waals surface area contributed by atoms with E-state index in [9.17, 15) is 5.11 Å². The molecule has 0 aromatic heterocycles. The molecule has 0 bridgehead atoms. The van der Waals surface area contributed by atoms with Gasteiger partial charge in [0.05, 0.1) is 19.3 Å². The summed E-state index contributed by atoms with van der Waals surface area (Å²) >= 11 is 0. The third kappa shape index (κ3) is 6.36. The largest absolute Gasteiger partial charge is 0.388 e. The SMILES string of the molecule is CCCCOCC(O)COC1CCCCC1N. The molecule has 0 aliphatic heterocycles. The Kier molecular flexibility index (Phi) is 7.77. The summed E-state index contributed by atoms with van der Waals surface area (Å²) in [6, 6.07) is 0.136. The van der Waals surface area contributed by atoms with Gasteiger partial charge in [-0.3, -0.25) is 0 Å². The summed E-state index contributed by atoms with van der Waals surface area (Å²) in [6.45, 7) is 3.54. The summed E-state index contributed by atoms with van der Waals surface area (Å²) < 4.78 is 11.0. The van der Waals surface area contributed by atoms with Gasteiger partial charge in [-0.2, -0.15) is 0 Å². The minimum absolute atomic E-state index is 0.119. The van der Waals surface area contributed by atoms with Gasteiger partial charge in [-0.15, -0.1) is 0 Å². The molecule has 3 atom stereocenters. The fourth-order valence-electron chi connectivity index (χ4n) is 2.08. The average Bonchev–Trinajstić information content (AvgIpc) is 2.34. The Morgan fingerprint density at radius 3 is 2.76 bits per heavy atom. The molecular weight excluding hydrogens is 218 g/mol. The van der Waals surface area contributed by atoms with Gasteiger partial charge in [-0.25, -0.2) is 0 Å². The number of ether oxygens (including phenoxy) is 2. The van der Waals surface area contributed by atoms with E-state index < -0.39 is 6.10 Å². The molecule has 3 unspecified atom stereocenters. The average molecular weight is 245 g/mol. The zero-order valence-corrected chi connectivity index (χ0v) is 10.9. The molecule has 4 nitrogen and oxygen atoms in total. The molecule has 0 aromatic rings. The van der Waals surface area contributed by atoms with Gasteiger partial charge in [0, 0.05) is 12.6 Å². The molecule has 1 aliphatic carbocycles. The second kappa shape index (κ2) is 8.86. The Bertz CT molecular complexity index is 190. The smallest absolute Gasteiger partial charge is 0.101 e. The molecule has 0 aromatic carbocycles. The molecule has 102 valence electrons. The predicted octanol–water partition coefficient (Wildman–Crippen LogP) is 1.45. The minimum Gasteiger partial charge on any atom is -0.388 e. The number of unbranched alkanes of at least 4 members (excludes halogenated alkanes) is 1. The first-order valence-electron chi connectivity index (χ1n) is 6.87. The Balaban J connectivity index is 2.03. The van der Waals surface area contributed by atoms with Gasteiger partial charge in [-0.05, 0) is 19.3 Å². The predicted molar refractivity (Wildman–Crippen MR) is 67.9 cm³/mol. The van der Waals surface area contributed by atoms with E-state index in [2.05, 4.69) is 6.92 Å². The van der Waals surface area contributed by atoms with E-state index in [1.54, 1.807) is 0 Å². The van der Waals surface area contributed by atoms with E-state index in [-0.39, 0.29) is 12.1 Å². The van der Waals surface area contributed by atoms with Crippen molar-refractivity contribution in [3.05, 3.63) is 0 Å². The van der Waals surface area contributed by atoms with Crippen LogP contribution >= 0.6 is 0 Å². The summed E-state index contributed by atoms with van der Waals surface area (Å²) in [5, 5.41) is 9.67. The molecule has 0 spiro atoms. The molecule has 1 saturated carbocycles. The number of nitrogens with two attached hydrogens (primary N) is 1. The van der Waals surface area contributed by atoms with Gasteiger partial charge in [0.15, 0.2) is 0 Å². The van der Waals surface area contributed by atoms with E-state index in [4.69, 9.17) is 15.2 Å². The van der Waals surface area contributed by atoms with Crippen molar-refractivity contribution in [2.45, 2.75) is 63.7 Å². The fourth-order valence-corrected chi connectivity index (χ4v) is 2.08. The molecule has 3 N–H and O–H groups in total. The van der Waals surface area contributed by atoms with Crippen LogP contribution in [0.5, 0.6) is 0 Å². The Labute approximate surface area is 104 Å². The Morgan fingerprint density at radius 1 is 1.29 bits per heavy atom. The first kappa shape index (κ1) is 14.9. The van der Waals surface area contributed by atoms with Crippen LogP contribution in [0.15, 0.2) is 0 Å². The quantitative estimate of drug-likeness (QED) is 0.635. The van der Waals surface area contributed by atoms with Crippen LogP contribution in [0.1, 0.15) is 45.4 Å². The van der Waals surface area contributed by atoms with Crippen LogP contribution in [0.3, 0.4) is 0 Å². The van der Waals surface area contributed by atoms with Crippen LogP contribution in [0.4, 0.5) is 0 Å². The van der Waals surface area contributed by atoms with Gasteiger partial charge in [0.25, 0.3) is 0 Å². The number of hydrogen-bond donors (Lipinski definition) is 2. The zero-order valence-electron chi connectivity index (χ0n) is 10.9. The summed E-state index contributed by atoms with van der Waals surface area (Å²) in [5.41, 5.74) is 5.97. The lowest BCUT2D eigenvalue weighted by molar-refractivity contribution is -0.0584. The first-order valence-corrected chi connectivity index (χ1v) is 6.87. The second-order valence-corrected chi connectivity index (χ2v) is 4.90. The van der Waals surface area contributed by atoms with Gasteiger partial charge in [-0.1, -0.05) is 26.2 Å². The maximum absolute atomic E-state index is 9.67. The monoisotopic (exact) mass is 245 g/mol. The topological polar surface area (TPSA) is 64.7 Å². The highest BCUT2D eigenvalue weighted by molar-refractivity contribution is 4.78. The lowest BCUT2D eigenvalue weighted by Gasteiger charge is -2.29. The van der Waals surface area contributed by atoms with Crippen molar-refractivity contribution < 1.29 is 14.6 Å². The summed E-state index contributed by atoms with van der Waals surface area (Å²) in [4.78, 5) is 0. The highest BCUT2D eigenvalue weighted by Gasteiger charge is 2.23. The van der Waals surface area contributed by atoms with Gasteiger partial charge in [0.1, 0.15) is 6.10 Å². The lowest BCUT2D eigenvalue weighted by Crippen LogP contribution is -2.41. The zero-order chi connectivity index (χ0) is 12.5. The van der Waals surface area contributed by atoms with Crippen LogP contribution in [0, 0.1) is 0 Å². The molecule has 1 rings (SSSR count). The Hall–Kier alpha value is -0.160. The third-order valence-corrected chi connectivity index (χ3v) is 3.21. The molecular formula is C13H27NO3. The third-order valence-electron chi connectivity index (χ3n) is 3.21. The van der Waals surface area contributed by atoms with Crippen molar-refractivity contribution in [1.29, 1.82) is 0 Å².